The van der Waals surface area contributed by atoms with E-state index in [9.17, 15) is 9.90 Å². The van der Waals surface area contributed by atoms with Crippen LogP contribution < -0.4 is 10.2 Å². The van der Waals surface area contributed by atoms with Gasteiger partial charge in [0.1, 0.15) is 17.5 Å². The van der Waals surface area contributed by atoms with Crippen molar-refractivity contribution in [3.05, 3.63) is 36.1 Å². The second-order valence-electron chi connectivity index (χ2n) is 9.93. The van der Waals surface area contributed by atoms with E-state index in [0.29, 0.717) is 40.1 Å². The highest BCUT2D eigenvalue weighted by Crippen LogP contribution is 2.40. The molecule has 2 N–H and O–H groups in total. The SMILES string of the molecule is CN(C)C(=O)c1cc2cc(O)c(-c3ccc(N(C4CC4)[C@H]4CC5CCC(N5)[C@H]4F)nn3)cc2o1. The first-order valence-electron chi connectivity index (χ1n) is 11.9. The van der Waals surface area contributed by atoms with Crippen LogP contribution >= 0.6 is 0 Å². The summed E-state index contributed by atoms with van der Waals surface area (Å²) in [5, 5.41) is 23.5. The predicted molar refractivity (Wildman–Crippen MR) is 126 cm³/mol. The summed E-state index contributed by atoms with van der Waals surface area (Å²) in [4.78, 5) is 15.8. The number of halogens is 1. The summed E-state index contributed by atoms with van der Waals surface area (Å²) in [5.74, 6) is 0.656. The van der Waals surface area contributed by atoms with Crippen LogP contribution in [0.5, 0.6) is 5.75 Å². The number of nitrogens with zero attached hydrogens (tertiary/aromatic N) is 4. The van der Waals surface area contributed by atoms with Crippen molar-refractivity contribution in [2.45, 2.75) is 62.4 Å². The maximum Gasteiger partial charge on any atom is 0.289 e. The molecule has 2 aromatic heterocycles. The van der Waals surface area contributed by atoms with Gasteiger partial charge < -0.3 is 24.6 Å². The number of phenolic OH excluding ortho intramolecular Hbond substituents is 1. The van der Waals surface area contributed by atoms with Gasteiger partial charge in [0.2, 0.25) is 0 Å². The zero-order valence-electron chi connectivity index (χ0n) is 19.2. The summed E-state index contributed by atoms with van der Waals surface area (Å²) in [7, 11) is 3.31. The number of nitrogens with one attached hydrogen (secondary N) is 1. The first-order valence-corrected chi connectivity index (χ1v) is 11.9. The number of piperidine rings is 1. The minimum absolute atomic E-state index is 0.0250. The average molecular weight is 466 g/mol. The van der Waals surface area contributed by atoms with Crippen molar-refractivity contribution in [3.63, 3.8) is 0 Å². The Kier molecular flexibility index (Phi) is 4.98. The number of carbonyl (C=O) groups excluding carboxylic acids is 1. The van der Waals surface area contributed by atoms with E-state index in [4.69, 9.17) is 4.42 Å². The molecule has 6 rings (SSSR count). The molecule has 178 valence electrons. The summed E-state index contributed by atoms with van der Waals surface area (Å²) in [6, 6.07) is 8.93. The zero-order valence-corrected chi connectivity index (χ0v) is 19.2. The van der Waals surface area contributed by atoms with Crippen molar-refractivity contribution in [1.29, 1.82) is 0 Å². The molecule has 1 aliphatic carbocycles. The Labute approximate surface area is 196 Å². The molecule has 1 aromatic carbocycles. The molecule has 9 heteroatoms. The van der Waals surface area contributed by atoms with E-state index in [1.54, 1.807) is 38.4 Å². The molecule has 2 saturated heterocycles. The van der Waals surface area contributed by atoms with Crippen molar-refractivity contribution in [3.8, 4) is 17.0 Å². The molecule has 1 amide bonds. The van der Waals surface area contributed by atoms with Crippen LogP contribution in [0.2, 0.25) is 0 Å². The Morgan fingerprint density at radius 1 is 1.15 bits per heavy atom. The first kappa shape index (κ1) is 21.3. The molecular weight excluding hydrogens is 437 g/mol. The molecule has 3 aliphatic rings. The lowest BCUT2D eigenvalue weighted by Gasteiger charge is -2.41. The van der Waals surface area contributed by atoms with Crippen molar-refractivity contribution >= 4 is 22.7 Å². The molecule has 0 spiro atoms. The third kappa shape index (κ3) is 3.58. The van der Waals surface area contributed by atoms with Crippen LogP contribution in [0.25, 0.3) is 22.2 Å². The van der Waals surface area contributed by atoms with Crippen LogP contribution in [-0.2, 0) is 0 Å². The van der Waals surface area contributed by atoms with Crippen molar-refractivity contribution in [1.82, 2.24) is 20.4 Å². The number of phenols is 1. The van der Waals surface area contributed by atoms with E-state index in [1.165, 1.54) is 4.90 Å². The molecule has 3 aromatic rings. The van der Waals surface area contributed by atoms with Crippen molar-refractivity contribution < 1.29 is 18.7 Å². The van der Waals surface area contributed by atoms with E-state index < -0.39 is 6.17 Å². The quantitative estimate of drug-likeness (QED) is 0.596. The summed E-state index contributed by atoms with van der Waals surface area (Å²) in [6.45, 7) is 0. The average Bonchev–Trinajstić information content (AvgIpc) is 3.44. The third-order valence-corrected chi connectivity index (χ3v) is 7.29. The van der Waals surface area contributed by atoms with E-state index in [2.05, 4.69) is 20.4 Å². The minimum atomic E-state index is -0.926. The number of fused-ring (bicyclic) bond motifs is 3. The van der Waals surface area contributed by atoms with Gasteiger partial charge in [0.15, 0.2) is 11.6 Å². The Morgan fingerprint density at radius 3 is 2.68 bits per heavy atom. The first-order chi connectivity index (χ1) is 16.4. The largest absolute Gasteiger partial charge is 0.507 e. The van der Waals surface area contributed by atoms with E-state index in [1.807, 2.05) is 6.07 Å². The number of benzene rings is 1. The second kappa shape index (κ2) is 7.94. The number of carbonyl (C=O) groups is 1. The van der Waals surface area contributed by atoms with Gasteiger partial charge in [0, 0.05) is 43.2 Å². The Morgan fingerprint density at radius 2 is 1.97 bits per heavy atom. The molecule has 34 heavy (non-hydrogen) atoms. The summed E-state index contributed by atoms with van der Waals surface area (Å²) >= 11 is 0. The standard InChI is InChI=1S/C25H28FN5O3/c1-30(2)25(33)22-10-13-9-20(32)16(12-21(13)34-22)17-7-8-23(29-28-17)31(15-4-5-15)19-11-14-3-6-18(27-14)24(19)26/h7-10,12,14-15,18-19,24,27,32H,3-6,11H2,1-2H3/t14?,18?,19-,24+/m0/s1. The van der Waals surface area contributed by atoms with Crippen LogP contribution in [0.3, 0.4) is 0 Å². The maximum atomic E-state index is 15.3. The van der Waals surface area contributed by atoms with Gasteiger partial charge in [0.25, 0.3) is 5.91 Å². The normalized spacial score (nSPS) is 26.1. The molecule has 8 nitrogen and oxygen atoms in total. The number of furan rings is 1. The lowest BCUT2D eigenvalue weighted by atomic mass is 9.95. The molecule has 2 unspecified atom stereocenters. The van der Waals surface area contributed by atoms with Gasteiger partial charge in [-0.1, -0.05) is 0 Å². The Hall–Kier alpha value is -3.20. The molecule has 4 atom stereocenters. The van der Waals surface area contributed by atoms with Crippen molar-refractivity contribution in [2.24, 2.45) is 0 Å². The lowest BCUT2D eigenvalue weighted by Crippen LogP contribution is -2.57. The molecule has 4 heterocycles. The monoisotopic (exact) mass is 465 g/mol. The topological polar surface area (TPSA) is 94.7 Å². The number of anilines is 1. The fourth-order valence-corrected chi connectivity index (χ4v) is 5.44. The highest BCUT2D eigenvalue weighted by molar-refractivity contribution is 5.97. The van der Waals surface area contributed by atoms with E-state index >= 15 is 4.39 Å². The van der Waals surface area contributed by atoms with Crippen LogP contribution in [0.4, 0.5) is 10.2 Å². The number of rotatable bonds is 5. The number of alkyl halides is 1. The fourth-order valence-electron chi connectivity index (χ4n) is 5.44. The van der Waals surface area contributed by atoms with Gasteiger partial charge in [-0.15, -0.1) is 10.2 Å². The molecule has 0 radical (unpaired) electrons. The second-order valence-corrected chi connectivity index (χ2v) is 9.93. The molecule has 2 bridgehead atoms. The highest BCUT2D eigenvalue weighted by atomic mass is 19.1. The molecule has 3 fully saturated rings. The number of hydrogen-bond donors (Lipinski definition) is 2. The minimum Gasteiger partial charge on any atom is -0.507 e. The highest BCUT2D eigenvalue weighted by Gasteiger charge is 2.48. The number of hydrogen-bond acceptors (Lipinski definition) is 7. The van der Waals surface area contributed by atoms with Crippen molar-refractivity contribution in [2.75, 3.05) is 19.0 Å². The summed E-state index contributed by atoms with van der Waals surface area (Å²) in [5.41, 5.74) is 1.43. The van der Waals surface area contributed by atoms with Crippen LogP contribution in [0.1, 0.15) is 42.7 Å². The lowest BCUT2D eigenvalue weighted by molar-refractivity contribution is 0.0799. The maximum absolute atomic E-state index is 15.3. The van der Waals surface area contributed by atoms with Gasteiger partial charge in [-0.3, -0.25) is 4.79 Å². The van der Waals surface area contributed by atoms with Gasteiger partial charge in [-0.25, -0.2) is 4.39 Å². The number of aromatic nitrogens is 2. The molecule has 1 saturated carbocycles. The number of aromatic hydroxyl groups is 1. The number of amides is 1. The van der Waals surface area contributed by atoms with Gasteiger partial charge >= 0.3 is 0 Å². The van der Waals surface area contributed by atoms with Crippen LogP contribution in [0, 0.1) is 0 Å². The summed E-state index contributed by atoms with van der Waals surface area (Å²) < 4.78 is 21.0. The summed E-state index contributed by atoms with van der Waals surface area (Å²) in [6.07, 6.45) is 3.86. The van der Waals surface area contributed by atoms with Gasteiger partial charge in [0.05, 0.1) is 11.7 Å². The Balaban J connectivity index is 1.30. The molecular formula is C25H28FN5O3. The molecule has 2 aliphatic heterocycles. The van der Waals surface area contributed by atoms with Crippen LogP contribution in [-0.4, -0.2) is 70.5 Å². The third-order valence-electron chi connectivity index (χ3n) is 7.29. The smallest absolute Gasteiger partial charge is 0.289 e. The fraction of sp³-hybridized carbons (Fsp3) is 0.480. The van der Waals surface area contributed by atoms with Gasteiger partial charge in [-0.05, 0) is 62.4 Å². The Bertz CT molecular complexity index is 1240. The zero-order chi connectivity index (χ0) is 23.6. The predicted octanol–water partition coefficient (Wildman–Crippen LogP) is 3.50. The van der Waals surface area contributed by atoms with Crippen LogP contribution in [0.15, 0.2) is 34.7 Å². The van der Waals surface area contributed by atoms with Gasteiger partial charge in [-0.2, -0.15) is 0 Å². The van der Waals surface area contributed by atoms with E-state index in [0.717, 1.165) is 32.1 Å². The van der Waals surface area contributed by atoms with E-state index in [-0.39, 0.29) is 29.5 Å².